The summed E-state index contributed by atoms with van der Waals surface area (Å²) in [4.78, 5) is 7.61. The lowest BCUT2D eigenvalue weighted by atomic mass is 10.1. The van der Waals surface area contributed by atoms with E-state index in [1.807, 2.05) is 25.1 Å². The first-order valence-corrected chi connectivity index (χ1v) is 6.29. The number of nitrogen functional groups attached to an aromatic ring is 1. The minimum Gasteiger partial charge on any atom is -0.399 e. The summed E-state index contributed by atoms with van der Waals surface area (Å²) >= 11 is 0. The molecule has 0 aliphatic rings. The molecular formula is C13H20N4O. The Morgan fingerprint density at radius 3 is 3.11 bits per heavy atom. The zero-order valence-electron chi connectivity index (χ0n) is 10.6. The van der Waals surface area contributed by atoms with Crippen molar-refractivity contribution in [2.75, 3.05) is 24.2 Å². The number of aromatic amines is 1. The van der Waals surface area contributed by atoms with Gasteiger partial charge in [-0.3, -0.25) is 0 Å². The highest BCUT2D eigenvalue weighted by Crippen LogP contribution is 2.17. The number of hydrogen-bond acceptors (Lipinski definition) is 4. The molecule has 5 heteroatoms. The van der Waals surface area contributed by atoms with Gasteiger partial charge in [-0.15, -0.1) is 0 Å². The van der Waals surface area contributed by atoms with Gasteiger partial charge in [-0.25, -0.2) is 4.98 Å². The van der Waals surface area contributed by atoms with Crippen LogP contribution in [0.15, 0.2) is 18.2 Å². The van der Waals surface area contributed by atoms with E-state index in [9.17, 15) is 0 Å². The number of aliphatic hydroxyl groups excluding tert-OH is 1. The third kappa shape index (κ3) is 3.13. The maximum atomic E-state index is 8.92. The number of aliphatic hydroxyl groups is 1. The zero-order chi connectivity index (χ0) is 13.0. The molecule has 0 aliphatic heterocycles. The van der Waals surface area contributed by atoms with Gasteiger partial charge in [0.1, 0.15) is 0 Å². The Morgan fingerprint density at radius 2 is 2.33 bits per heavy atom. The third-order valence-corrected chi connectivity index (χ3v) is 2.98. The van der Waals surface area contributed by atoms with E-state index in [1.54, 1.807) is 0 Å². The number of hydrogen-bond donors (Lipinski definition) is 4. The van der Waals surface area contributed by atoms with E-state index in [0.717, 1.165) is 42.1 Å². The number of imidazole rings is 1. The number of nitrogens with zero attached hydrogens (tertiary/aromatic N) is 1. The van der Waals surface area contributed by atoms with Crippen molar-refractivity contribution in [1.29, 1.82) is 0 Å². The number of benzene rings is 1. The average Bonchev–Trinajstić information content (AvgIpc) is 2.76. The van der Waals surface area contributed by atoms with E-state index in [-0.39, 0.29) is 6.61 Å². The van der Waals surface area contributed by atoms with E-state index >= 15 is 0 Å². The molecule has 0 aliphatic carbocycles. The van der Waals surface area contributed by atoms with E-state index < -0.39 is 0 Å². The number of nitrogens with one attached hydrogen (secondary N) is 2. The molecule has 0 saturated heterocycles. The average molecular weight is 248 g/mol. The van der Waals surface area contributed by atoms with Crippen molar-refractivity contribution in [2.45, 2.75) is 19.8 Å². The quantitative estimate of drug-likeness (QED) is 0.465. The molecule has 1 aromatic carbocycles. The lowest BCUT2D eigenvalue weighted by molar-refractivity contribution is 0.229. The van der Waals surface area contributed by atoms with Crippen molar-refractivity contribution in [3.8, 4) is 0 Å². The maximum absolute atomic E-state index is 8.92. The molecule has 98 valence electrons. The Morgan fingerprint density at radius 1 is 1.50 bits per heavy atom. The first-order chi connectivity index (χ1) is 8.69. The van der Waals surface area contributed by atoms with E-state index in [0.29, 0.717) is 5.92 Å². The van der Waals surface area contributed by atoms with Crippen LogP contribution in [0.2, 0.25) is 0 Å². The maximum Gasteiger partial charge on any atom is 0.201 e. The molecule has 2 rings (SSSR count). The second kappa shape index (κ2) is 5.73. The zero-order valence-corrected chi connectivity index (χ0v) is 10.6. The van der Waals surface area contributed by atoms with Crippen LogP contribution in [0.25, 0.3) is 11.0 Å². The van der Waals surface area contributed by atoms with Crippen LogP contribution in [0.5, 0.6) is 0 Å². The lowest BCUT2D eigenvalue weighted by Gasteiger charge is -2.07. The van der Waals surface area contributed by atoms with Crippen LogP contribution in [0, 0.1) is 5.92 Å². The number of nitrogens with two attached hydrogens (primary N) is 1. The van der Waals surface area contributed by atoms with Gasteiger partial charge in [-0.1, -0.05) is 6.92 Å². The monoisotopic (exact) mass is 248 g/mol. The fourth-order valence-corrected chi connectivity index (χ4v) is 1.86. The minimum atomic E-state index is 0.254. The van der Waals surface area contributed by atoms with E-state index in [2.05, 4.69) is 15.3 Å². The topological polar surface area (TPSA) is 87.0 Å². The molecule has 18 heavy (non-hydrogen) atoms. The predicted octanol–water partition coefficient (Wildman–Crippen LogP) is 1.97. The summed E-state index contributed by atoms with van der Waals surface area (Å²) in [6.07, 6.45) is 2.03. The van der Waals surface area contributed by atoms with Crippen molar-refractivity contribution in [3.63, 3.8) is 0 Å². The van der Waals surface area contributed by atoms with Crippen LogP contribution < -0.4 is 11.1 Å². The van der Waals surface area contributed by atoms with Crippen molar-refractivity contribution in [3.05, 3.63) is 18.2 Å². The highest BCUT2D eigenvalue weighted by molar-refractivity contribution is 5.80. The third-order valence-electron chi connectivity index (χ3n) is 2.98. The van der Waals surface area contributed by atoms with E-state index in [1.165, 1.54) is 0 Å². The molecule has 5 nitrogen and oxygen atoms in total. The van der Waals surface area contributed by atoms with Crippen molar-refractivity contribution < 1.29 is 5.11 Å². The molecule has 0 radical (unpaired) electrons. The van der Waals surface area contributed by atoms with Crippen LogP contribution in [0.1, 0.15) is 19.8 Å². The molecule has 0 bridgehead atoms. The smallest absolute Gasteiger partial charge is 0.201 e. The Labute approximate surface area is 106 Å². The van der Waals surface area contributed by atoms with Gasteiger partial charge >= 0.3 is 0 Å². The summed E-state index contributed by atoms with van der Waals surface area (Å²) in [5.41, 5.74) is 8.30. The van der Waals surface area contributed by atoms with Crippen molar-refractivity contribution in [2.24, 2.45) is 5.92 Å². The number of H-pyrrole nitrogens is 1. The molecule has 0 saturated carbocycles. The van der Waals surface area contributed by atoms with Gasteiger partial charge in [0, 0.05) is 18.8 Å². The minimum absolute atomic E-state index is 0.254. The Hall–Kier alpha value is -1.75. The first kappa shape index (κ1) is 12.7. The van der Waals surface area contributed by atoms with Crippen molar-refractivity contribution in [1.82, 2.24) is 9.97 Å². The summed E-state index contributed by atoms with van der Waals surface area (Å²) in [5.74, 6) is 1.13. The summed E-state index contributed by atoms with van der Waals surface area (Å²) < 4.78 is 0. The van der Waals surface area contributed by atoms with Crippen LogP contribution in [-0.2, 0) is 0 Å². The first-order valence-electron chi connectivity index (χ1n) is 6.29. The largest absolute Gasteiger partial charge is 0.399 e. The summed E-state index contributed by atoms with van der Waals surface area (Å²) in [6.45, 7) is 3.15. The van der Waals surface area contributed by atoms with Crippen molar-refractivity contribution >= 4 is 22.7 Å². The Bertz CT molecular complexity index is 509. The number of rotatable bonds is 6. The highest BCUT2D eigenvalue weighted by Gasteiger charge is 2.03. The van der Waals surface area contributed by atoms with Gasteiger partial charge in [-0.05, 0) is 37.0 Å². The molecule has 1 aromatic heterocycles. The van der Waals surface area contributed by atoms with Gasteiger partial charge in [-0.2, -0.15) is 0 Å². The normalized spacial score (nSPS) is 12.8. The number of anilines is 2. The molecular weight excluding hydrogens is 228 g/mol. The predicted molar refractivity (Wildman–Crippen MR) is 74.5 cm³/mol. The van der Waals surface area contributed by atoms with Gasteiger partial charge in [0.05, 0.1) is 11.0 Å². The van der Waals surface area contributed by atoms with E-state index in [4.69, 9.17) is 10.8 Å². The van der Waals surface area contributed by atoms with Gasteiger partial charge in [0.25, 0.3) is 0 Å². The molecule has 1 atom stereocenters. The fourth-order valence-electron chi connectivity index (χ4n) is 1.86. The Balaban J connectivity index is 1.88. The molecule has 0 fully saturated rings. The van der Waals surface area contributed by atoms with Gasteiger partial charge in [0.2, 0.25) is 5.95 Å². The lowest BCUT2D eigenvalue weighted by Crippen LogP contribution is -2.07. The molecule has 0 spiro atoms. The van der Waals surface area contributed by atoms with Gasteiger partial charge < -0.3 is 21.1 Å². The highest BCUT2D eigenvalue weighted by atomic mass is 16.3. The number of fused-ring (bicyclic) bond motifs is 1. The summed E-state index contributed by atoms with van der Waals surface area (Å²) in [7, 11) is 0. The molecule has 0 amide bonds. The Kier molecular flexibility index (Phi) is 4.04. The molecule has 5 N–H and O–H groups in total. The van der Waals surface area contributed by atoms with Crippen LogP contribution in [0.3, 0.4) is 0 Å². The fraction of sp³-hybridized carbons (Fsp3) is 0.462. The van der Waals surface area contributed by atoms with Crippen LogP contribution >= 0.6 is 0 Å². The van der Waals surface area contributed by atoms with Crippen LogP contribution in [0.4, 0.5) is 11.6 Å². The second-order valence-corrected chi connectivity index (χ2v) is 4.72. The summed E-state index contributed by atoms with van der Waals surface area (Å²) in [6, 6.07) is 5.62. The SMILES string of the molecule is CC(CO)CCCNc1nc2ccc(N)cc2[nH]1. The standard InChI is InChI=1S/C13H20N4O/c1-9(8-18)3-2-6-15-13-16-11-5-4-10(14)7-12(11)17-13/h4-5,7,9,18H,2-3,6,8,14H2,1H3,(H2,15,16,17). The summed E-state index contributed by atoms with van der Waals surface area (Å²) in [5, 5.41) is 12.2. The number of aromatic nitrogens is 2. The molecule has 2 aromatic rings. The molecule has 1 unspecified atom stereocenters. The molecule has 1 heterocycles. The van der Waals surface area contributed by atoms with Crippen LogP contribution in [-0.4, -0.2) is 28.2 Å². The van der Waals surface area contributed by atoms with Gasteiger partial charge in [0.15, 0.2) is 0 Å². The second-order valence-electron chi connectivity index (χ2n) is 4.72.